The van der Waals surface area contributed by atoms with Crippen LogP contribution >= 0.6 is 0 Å². The molecule has 0 bridgehead atoms. The Balaban J connectivity index is 2.82. The monoisotopic (exact) mass is 246 g/mol. The average molecular weight is 246 g/mol. The Morgan fingerprint density at radius 3 is 2.78 bits per heavy atom. The van der Waals surface area contributed by atoms with Crippen LogP contribution < -0.4 is 15.8 Å². The fraction of sp³-hybridized carbons (Fsp3) is 0.357. The lowest BCUT2D eigenvalue weighted by atomic mass is 10.0. The average Bonchev–Trinajstić information content (AvgIpc) is 2.38. The van der Waals surface area contributed by atoms with Crippen LogP contribution in [0.5, 0.6) is 5.75 Å². The first kappa shape index (κ1) is 14.1. The molecule has 0 aliphatic carbocycles. The Kier molecular flexibility index (Phi) is 5.22. The highest BCUT2D eigenvalue weighted by Gasteiger charge is 2.05. The van der Waals surface area contributed by atoms with Gasteiger partial charge in [-0.25, -0.2) is 0 Å². The number of hydrogen-bond acceptors (Lipinski definition) is 3. The van der Waals surface area contributed by atoms with Gasteiger partial charge in [0.1, 0.15) is 5.75 Å². The zero-order valence-corrected chi connectivity index (χ0v) is 11.0. The quantitative estimate of drug-likeness (QED) is 0.773. The van der Waals surface area contributed by atoms with E-state index in [9.17, 15) is 4.79 Å². The number of ether oxygens (including phenoxy) is 1. The van der Waals surface area contributed by atoms with E-state index in [2.05, 4.69) is 17.2 Å². The second-order valence-electron chi connectivity index (χ2n) is 3.87. The van der Waals surface area contributed by atoms with Crippen LogP contribution in [0.25, 0.3) is 0 Å². The summed E-state index contributed by atoms with van der Waals surface area (Å²) in [7, 11) is 1.63. The number of amides is 1. The number of benzene rings is 1. The molecular weight excluding hydrogens is 228 g/mol. The van der Waals surface area contributed by atoms with Gasteiger partial charge in [-0.1, -0.05) is 17.9 Å². The summed E-state index contributed by atoms with van der Waals surface area (Å²) < 4.78 is 5.35. The Morgan fingerprint density at radius 1 is 1.44 bits per heavy atom. The Hall–Kier alpha value is -1.99. The number of methoxy groups -OCH3 is 1. The first-order valence-corrected chi connectivity index (χ1v) is 5.70. The highest BCUT2D eigenvalue weighted by Crippen LogP contribution is 2.25. The molecular formula is C14H18N2O2. The predicted octanol–water partition coefficient (Wildman–Crippen LogP) is 0.738. The van der Waals surface area contributed by atoms with Crippen LogP contribution in [0.1, 0.15) is 16.7 Å². The van der Waals surface area contributed by atoms with Gasteiger partial charge >= 0.3 is 0 Å². The van der Waals surface area contributed by atoms with Gasteiger partial charge in [0, 0.05) is 0 Å². The summed E-state index contributed by atoms with van der Waals surface area (Å²) in [6.07, 6.45) is 0. The largest absolute Gasteiger partial charge is 0.495 e. The SMILES string of the molecule is COc1c(C#CCNC(=O)CN)ccc(C)c1C. The fourth-order valence-electron chi connectivity index (χ4n) is 1.51. The van der Waals surface area contributed by atoms with E-state index in [0.29, 0.717) is 0 Å². The minimum Gasteiger partial charge on any atom is -0.495 e. The van der Waals surface area contributed by atoms with Gasteiger partial charge in [-0.05, 0) is 31.0 Å². The molecule has 1 amide bonds. The standard InChI is InChI=1S/C14H18N2O2/c1-10-6-7-12(14(18-3)11(10)2)5-4-8-16-13(17)9-15/h6-7H,8-9,15H2,1-3H3,(H,16,17). The molecule has 0 radical (unpaired) electrons. The Bertz CT molecular complexity index is 498. The molecule has 0 fully saturated rings. The van der Waals surface area contributed by atoms with E-state index in [4.69, 9.17) is 10.5 Å². The smallest absolute Gasteiger partial charge is 0.234 e. The Morgan fingerprint density at radius 2 is 2.17 bits per heavy atom. The minimum absolute atomic E-state index is 0.0192. The number of rotatable bonds is 3. The van der Waals surface area contributed by atoms with Crippen LogP contribution in [0.3, 0.4) is 0 Å². The molecule has 0 heterocycles. The zero-order valence-electron chi connectivity index (χ0n) is 11.0. The molecule has 18 heavy (non-hydrogen) atoms. The van der Waals surface area contributed by atoms with Crippen molar-refractivity contribution in [2.75, 3.05) is 20.2 Å². The third kappa shape index (κ3) is 3.51. The lowest BCUT2D eigenvalue weighted by molar-refractivity contribution is -0.119. The summed E-state index contributed by atoms with van der Waals surface area (Å²) in [6.45, 7) is 4.28. The molecule has 0 aromatic heterocycles. The van der Waals surface area contributed by atoms with E-state index >= 15 is 0 Å². The summed E-state index contributed by atoms with van der Waals surface area (Å²) in [6, 6.07) is 3.92. The van der Waals surface area contributed by atoms with Crippen molar-refractivity contribution in [2.45, 2.75) is 13.8 Å². The minimum atomic E-state index is -0.212. The van der Waals surface area contributed by atoms with Crippen molar-refractivity contribution in [2.24, 2.45) is 5.73 Å². The summed E-state index contributed by atoms with van der Waals surface area (Å²) >= 11 is 0. The van der Waals surface area contributed by atoms with Crippen molar-refractivity contribution >= 4 is 5.91 Å². The third-order valence-electron chi connectivity index (χ3n) is 2.66. The highest BCUT2D eigenvalue weighted by molar-refractivity contribution is 5.78. The molecule has 1 aromatic carbocycles. The second kappa shape index (κ2) is 6.67. The van der Waals surface area contributed by atoms with E-state index < -0.39 is 0 Å². The lowest BCUT2D eigenvalue weighted by Crippen LogP contribution is -2.30. The molecule has 0 spiro atoms. The summed E-state index contributed by atoms with van der Waals surface area (Å²) in [5.41, 5.74) is 8.23. The van der Waals surface area contributed by atoms with Crippen LogP contribution in [0.15, 0.2) is 12.1 Å². The van der Waals surface area contributed by atoms with Gasteiger partial charge in [0.2, 0.25) is 5.91 Å². The normalized spacial score (nSPS) is 9.33. The van der Waals surface area contributed by atoms with Gasteiger partial charge in [-0.15, -0.1) is 0 Å². The van der Waals surface area contributed by atoms with E-state index in [1.54, 1.807) is 7.11 Å². The zero-order chi connectivity index (χ0) is 13.5. The number of aryl methyl sites for hydroxylation is 1. The molecule has 4 nitrogen and oxygen atoms in total. The molecule has 4 heteroatoms. The summed E-state index contributed by atoms with van der Waals surface area (Å²) in [5, 5.41) is 2.59. The van der Waals surface area contributed by atoms with Crippen molar-refractivity contribution < 1.29 is 9.53 Å². The molecule has 0 aliphatic rings. The van der Waals surface area contributed by atoms with Crippen LogP contribution in [0.2, 0.25) is 0 Å². The van der Waals surface area contributed by atoms with Gasteiger partial charge in [-0.3, -0.25) is 4.79 Å². The van der Waals surface area contributed by atoms with Gasteiger partial charge in [0.25, 0.3) is 0 Å². The van der Waals surface area contributed by atoms with Crippen molar-refractivity contribution in [1.82, 2.24) is 5.32 Å². The molecule has 3 N–H and O–H groups in total. The third-order valence-corrected chi connectivity index (χ3v) is 2.66. The van der Waals surface area contributed by atoms with Gasteiger partial charge in [-0.2, -0.15) is 0 Å². The first-order chi connectivity index (χ1) is 8.60. The van der Waals surface area contributed by atoms with Crippen molar-refractivity contribution in [3.8, 4) is 17.6 Å². The maximum Gasteiger partial charge on any atom is 0.234 e. The van der Waals surface area contributed by atoms with Crippen LogP contribution in [0, 0.1) is 25.7 Å². The first-order valence-electron chi connectivity index (χ1n) is 5.70. The molecule has 0 atom stereocenters. The predicted molar refractivity (Wildman–Crippen MR) is 71.4 cm³/mol. The number of nitrogens with one attached hydrogen (secondary N) is 1. The van der Waals surface area contributed by atoms with E-state index in [1.807, 2.05) is 26.0 Å². The van der Waals surface area contributed by atoms with Crippen molar-refractivity contribution in [3.05, 3.63) is 28.8 Å². The summed E-state index contributed by atoms with van der Waals surface area (Å²) in [4.78, 5) is 10.9. The van der Waals surface area contributed by atoms with Crippen LogP contribution in [-0.4, -0.2) is 26.1 Å². The molecule has 0 aliphatic heterocycles. The summed E-state index contributed by atoms with van der Waals surface area (Å²) in [5.74, 6) is 6.43. The van der Waals surface area contributed by atoms with Crippen molar-refractivity contribution in [1.29, 1.82) is 0 Å². The van der Waals surface area contributed by atoms with Gasteiger partial charge in [0.05, 0.1) is 25.8 Å². The van der Waals surface area contributed by atoms with Crippen LogP contribution in [-0.2, 0) is 4.79 Å². The molecule has 1 aromatic rings. The maximum atomic E-state index is 10.9. The number of hydrogen-bond donors (Lipinski definition) is 2. The molecule has 1 rings (SSSR count). The number of nitrogens with two attached hydrogens (primary N) is 1. The highest BCUT2D eigenvalue weighted by atomic mass is 16.5. The number of carbonyl (C=O) groups is 1. The van der Waals surface area contributed by atoms with E-state index in [1.165, 1.54) is 0 Å². The van der Waals surface area contributed by atoms with E-state index in [0.717, 1.165) is 22.4 Å². The van der Waals surface area contributed by atoms with E-state index in [-0.39, 0.29) is 19.0 Å². The Labute approximate surface area is 108 Å². The van der Waals surface area contributed by atoms with Crippen LogP contribution in [0.4, 0.5) is 0 Å². The molecule has 0 saturated heterocycles. The maximum absolute atomic E-state index is 10.9. The lowest BCUT2D eigenvalue weighted by Gasteiger charge is -2.09. The second-order valence-corrected chi connectivity index (χ2v) is 3.87. The molecule has 96 valence electrons. The molecule has 0 unspecified atom stereocenters. The van der Waals surface area contributed by atoms with Gasteiger partial charge < -0.3 is 15.8 Å². The molecule has 0 saturated carbocycles. The topological polar surface area (TPSA) is 64.3 Å². The van der Waals surface area contributed by atoms with Gasteiger partial charge in [0.15, 0.2) is 0 Å². The fourth-order valence-corrected chi connectivity index (χ4v) is 1.51. The van der Waals surface area contributed by atoms with Crippen molar-refractivity contribution in [3.63, 3.8) is 0 Å². The number of carbonyl (C=O) groups excluding carboxylic acids is 1.